The molecule has 14 heteroatoms. The number of anilines is 1. The summed E-state index contributed by atoms with van der Waals surface area (Å²) in [5, 5.41) is 2.23. The average molecular weight is 594 g/mol. The van der Waals surface area contributed by atoms with Crippen molar-refractivity contribution in [1.29, 1.82) is 0 Å². The van der Waals surface area contributed by atoms with Gasteiger partial charge in [0.2, 0.25) is 11.4 Å². The molecule has 0 aliphatic carbocycles. The molecule has 0 amide bonds. The molecule has 1 aliphatic heterocycles. The molecule has 0 bridgehead atoms. The molecular formula is C21H18Cl2N2O6S4. The minimum absolute atomic E-state index is 0.178. The summed E-state index contributed by atoms with van der Waals surface area (Å²) in [6.07, 6.45) is 4.28. The summed E-state index contributed by atoms with van der Waals surface area (Å²) in [7, 11) is -4.57. The molecule has 35 heavy (non-hydrogen) atoms. The topological polar surface area (TPSA) is 111 Å². The van der Waals surface area contributed by atoms with Gasteiger partial charge < -0.3 is 9.45 Å². The van der Waals surface area contributed by atoms with Gasteiger partial charge in [-0.25, -0.2) is 12.6 Å². The Morgan fingerprint density at radius 3 is 2.66 bits per heavy atom. The van der Waals surface area contributed by atoms with Crippen LogP contribution in [-0.4, -0.2) is 28.5 Å². The first-order valence-corrected chi connectivity index (χ1v) is 15.0. The third-order valence-corrected chi connectivity index (χ3v) is 8.56. The molecule has 1 N–H and O–H groups in total. The van der Waals surface area contributed by atoms with Gasteiger partial charge in [0.15, 0.2) is 10.1 Å². The number of thiazole rings is 1. The van der Waals surface area contributed by atoms with Crippen LogP contribution >= 0.6 is 46.3 Å². The van der Waals surface area contributed by atoms with Crippen LogP contribution < -0.4 is 9.47 Å². The number of halogens is 2. The van der Waals surface area contributed by atoms with Crippen molar-refractivity contribution >= 4 is 89.8 Å². The lowest BCUT2D eigenvalue weighted by Gasteiger charge is -2.19. The second-order valence-electron chi connectivity index (χ2n) is 7.33. The molecule has 4 rings (SSSR count). The third-order valence-electron chi connectivity index (χ3n) is 4.98. The van der Waals surface area contributed by atoms with Gasteiger partial charge in [0.1, 0.15) is 11.4 Å². The van der Waals surface area contributed by atoms with E-state index in [9.17, 15) is 17.2 Å². The van der Waals surface area contributed by atoms with E-state index in [1.54, 1.807) is 35.2 Å². The van der Waals surface area contributed by atoms with Crippen LogP contribution in [0.3, 0.4) is 0 Å². The molecule has 1 aliphatic rings. The van der Waals surface area contributed by atoms with Crippen molar-refractivity contribution in [2.24, 2.45) is 0 Å². The minimum atomic E-state index is -4.57. The molecule has 2 aromatic carbocycles. The number of thioether (sulfide) groups is 1. The molecule has 1 aromatic heterocycles. The Kier molecular flexibility index (Phi) is 8.25. The lowest BCUT2D eigenvalue weighted by atomic mass is 10.2. The lowest BCUT2D eigenvalue weighted by Crippen LogP contribution is -2.39. The highest BCUT2D eigenvalue weighted by Gasteiger charge is 2.27. The van der Waals surface area contributed by atoms with E-state index in [2.05, 4.69) is 0 Å². The first-order valence-electron chi connectivity index (χ1n) is 10.0. The van der Waals surface area contributed by atoms with Crippen LogP contribution in [0.2, 0.25) is 10.0 Å². The molecule has 0 radical (unpaired) electrons. The summed E-state index contributed by atoms with van der Waals surface area (Å²) >= 11 is 12.6. The maximum atomic E-state index is 11.6. The monoisotopic (exact) mass is 592 g/mol. The van der Waals surface area contributed by atoms with E-state index in [0.717, 1.165) is 25.9 Å². The summed E-state index contributed by atoms with van der Waals surface area (Å²) in [6, 6.07) is 10.5. The summed E-state index contributed by atoms with van der Waals surface area (Å²) < 4.78 is 62.3. The number of fused-ring (bicyclic) bond motifs is 2. The molecular weight excluding hydrogens is 575 g/mol. The van der Waals surface area contributed by atoms with Gasteiger partial charge >= 0.3 is 11.4 Å². The number of aromatic nitrogens is 1. The van der Waals surface area contributed by atoms with Gasteiger partial charge in [0.05, 0.1) is 10.7 Å². The van der Waals surface area contributed by atoms with E-state index in [1.165, 1.54) is 27.7 Å². The van der Waals surface area contributed by atoms with Crippen molar-refractivity contribution < 1.29 is 30.5 Å². The molecule has 8 nitrogen and oxygen atoms in total. The maximum absolute atomic E-state index is 11.6. The van der Waals surface area contributed by atoms with Gasteiger partial charge in [-0.2, -0.15) is 8.78 Å². The second kappa shape index (κ2) is 10.9. The van der Waals surface area contributed by atoms with Gasteiger partial charge in [-0.05, 0) is 48.4 Å². The fourth-order valence-corrected chi connectivity index (χ4v) is 6.88. The van der Waals surface area contributed by atoms with Crippen molar-refractivity contribution in [2.75, 3.05) is 11.6 Å². The van der Waals surface area contributed by atoms with E-state index >= 15 is 0 Å². The van der Waals surface area contributed by atoms with Gasteiger partial charge in [-0.1, -0.05) is 53.2 Å². The number of nitrogens with zero attached hydrogens (tertiary/aromatic N) is 2. The highest BCUT2D eigenvalue weighted by atomic mass is 35.5. The predicted molar refractivity (Wildman–Crippen MR) is 140 cm³/mol. The largest absolute Gasteiger partial charge is 0.743 e. The van der Waals surface area contributed by atoms with Crippen LogP contribution in [0.25, 0.3) is 16.3 Å². The molecule has 3 aromatic rings. The van der Waals surface area contributed by atoms with Crippen LogP contribution in [0.5, 0.6) is 0 Å². The van der Waals surface area contributed by atoms with E-state index in [-0.39, 0.29) is 6.73 Å². The standard InChI is InChI=1S/C21H18Cl2N2O6S4/c1-2-13(7-20-24(11-31-34(26)27)16-9-14(22)3-5-18(16)32-20)8-21-25(12-35(28,29)30)17-10-15(23)4-6-19(17)33-21/h3-10H,2,11-12H2,1H3,(H-,26,27,28,29,30). The zero-order valence-corrected chi connectivity index (χ0v) is 22.8. The van der Waals surface area contributed by atoms with Crippen LogP contribution in [0.4, 0.5) is 5.69 Å². The fourth-order valence-electron chi connectivity index (χ4n) is 3.45. The predicted octanol–water partition coefficient (Wildman–Crippen LogP) is 5.36. The summed E-state index contributed by atoms with van der Waals surface area (Å²) in [4.78, 5) is 2.62. The van der Waals surface area contributed by atoms with E-state index in [4.69, 9.17) is 31.9 Å². The average Bonchev–Trinajstić information content (AvgIpc) is 3.27. The number of hydrogen-bond donors (Lipinski definition) is 1. The summed E-state index contributed by atoms with van der Waals surface area (Å²) in [6.45, 7) is 1.76. The third kappa shape index (κ3) is 6.45. The minimum Gasteiger partial charge on any atom is -0.743 e. The molecule has 1 unspecified atom stereocenters. The molecule has 186 valence electrons. The number of rotatable bonds is 8. The maximum Gasteiger partial charge on any atom is 0.303 e. The molecule has 0 spiro atoms. The van der Waals surface area contributed by atoms with Crippen LogP contribution in [0, 0.1) is 0 Å². The van der Waals surface area contributed by atoms with Crippen LogP contribution in [0.1, 0.15) is 18.4 Å². The van der Waals surface area contributed by atoms with Gasteiger partial charge in [-0.15, -0.1) is 0 Å². The number of allylic oxidation sites excluding steroid dienone is 2. The summed E-state index contributed by atoms with van der Waals surface area (Å²) in [5.74, 6) is -0.728. The molecule has 0 saturated carbocycles. The Hall–Kier alpha value is -1.48. The SMILES string of the molecule is CCC(=Cc1sc2ccc(Cl)cc2[n+]1CS(=O)(=O)[O-])C=C1Sc2ccc(Cl)cc2N1COS(=O)O. The highest BCUT2D eigenvalue weighted by molar-refractivity contribution is 8.03. The Labute approximate surface area is 223 Å². The Balaban J connectivity index is 1.79. The fraction of sp³-hybridized carbons (Fsp3) is 0.190. The molecule has 2 heterocycles. The van der Waals surface area contributed by atoms with Crippen LogP contribution in [-0.2, 0) is 31.5 Å². The lowest BCUT2D eigenvalue weighted by molar-refractivity contribution is -0.649. The quantitative estimate of drug-likeness (QED) is 0.211. The molecule has 1 atom stereocenters. The van der Waals surface area contributed by atoms with Crippen molar-refractivity contribution in [2.45, 2.75) is 24.1 Å². The van der Waals surface area contributed by atoms with Crippen molar-refractivity contribution in [3.63, 3.8) is 0 Å². The highest BCUT2D eigenvalue weighted by Crippen LogP contribution is 2.47. The van der Waals surface area contributed by atoms with Gasteiger partial charge in [-0.3, -0.25) is 4.55 Å². The van der Waals surface area contributed by atoms with Crippen LogP contribution in [0.15, 0.2) is 58.0 Å². The van der Waals surface area contributed by atoms with Gasteiger partial charge in [0, 0.05) is 27.1 Å². The Morgan fingerprint density at radius 1 is 1.26 bits per heavy atom. The van der Waals surface area contributed by atoms with E-state index in [0.29, 0.717) is 27.0 Å². The Bertz CT molecular complexity index is 1490. The number of hydrogen-bond acceptors (Lipinski definition) is 8. The Morgan fingerprint density at radius 2 is 1.97 bits per heavy atom. The number of benzene rings is 2. The normalized spacial score (nSPS) is 16.3. The summed E-state index contributed by atoms with van der Waals surface area (Å²) in [5.41, 5.74) is 2.11. The van der Waals surface area contributed by atoms with E-state index in [1.807, 2.05) is 25.1 Å². The molecule has 0 fully saturated rings. The molecule has 0 saturated heterocycles. The zero-order chi connectivity index (χ0) is 25.3. The zero-order valence-electron chi connectivity index (χ0n) is 18.0. The van der Waals surface area contributed by atoms with Crippen molar-refractivity contribution in [3.05, 3.63) is 68.1 Å². The van der Waals surface area contributed by atoms with Gasteiger partial charge in [0.25, 0.3) is 5.01 Å². The van der Waals surface area contributed by atoms with Crippen molar-refractivity contribution in [3.8, 4) is 0 Å². The smallest absolute Gasteiger partial charge is 0.303 e. The second-order valence-corrected chi connectivity index (χ2v) is 12.4. The van der Waals surface area contributed by atoms with Crippen molar-refractivity contribution in [1.82, 2.24) is 0 Å². The van der Waals surface area contributed by atoms with E-state index < -0.39 is 27.4 Å². The first kappa shape index (κ1) is 26.6. The first-order chi connectivity index (χ1) is 16.5.